The van der Waals surface area contributed by atoms with Crippen LogP contribution in [0.15, 0.2) is 24.3 Å². The number of nitrogen functional groups attached to an aromatic ring is 1. The van der Waals surface area contributed by atoms with Crippen LogP contribution in [0.1, 0.15) is 40.0 Å². The van der Waals surface area contributed by atoms with Gasteiger partial charge in [-0.3, -0.25) is 5.32 Å². The molecule has 6 heteroatoms. The van der Waals surface area contributed by atoms with Crippen LogP contribution < -0.4 is 16.8 Å². The third-order valence-corrected chi connectivity index (χ3v) is 2.42. The number of aliphatic hydroxyl groups excluding tert-OH is 1. The molecule has 0 fully saturated rings. The number of anilines is 2. The number of carbonyl (C=O) groups is 1. The number of hydrogen-bond donors (Lipinski definition) is 4. The summed E-state index contributed by atoms with van der Waals surface area (Å²) in [6.07, 6.45) is 2.54. The van der Waals surface area contributed by atoms with Crippen molar-refractivity contribution in [1.82, 2.24) is 0 Å². The van der Waals surface area contributed by atoms with Crippen molar-refractivity contribution < 1.29 is 14.6 Å². The summed E-state index contributed by atoms with van der Waals surface area (Å²) in [6.45, 7) is 6.50. The average molecular weight is 311 g/mol. The SMILES string of the molecule is CC(C)(C)OC(=O)Nc1ccc(N)cc1.NCCCCCO. The molecule has 1 aromatic rings. The van der Waals surface area contributed by atoms with E-state index in [2.05, 4.69) is 5.32 Å². The minimum Gasteiger partial charge on any atom is -0.444 e. The molecular weight excluding hydrogens is 282 g/mol. The fourth-order valence-electron chi connectivity index (χ4n) is 1.42. The van der Waals surface area contributed by atoms with Gasteiger partial charge in [-0.2, -0.15) is 0 Å². The van der Waals surface area contributed by atoms with Gasteiger partial charge in [0.25, 0.3) is 0 Å². The molecule has 0 aliphatic rings. The molecule has 0 unspecified atom stereocenters. The van der Waals surface area contributed by atoms with Crippen molar-refractivity contribution in [2.24, 2.45) is 5.73 Å². The monoisotopic (exact) mass is 311 g/mol. The Bertz CT molecular complexity index is 410. The van der Waals surface area contributed by atoms with Crippen LogP contribution in [-0.4, -0.2) is 30.0 Å². The Morgan fingerprint density at radius 2 is 1.77 bits per heavy atom. The van der Waals surface area contributed by atoms with Gasteiger partial charge in [-0.1, -0.05) is 0 Å². The van der Waals surface area contributed by atoms with Crippen molar-refractivity contribution in [1.29, 1.82) is 0 Å². The van der Waals surface area contributed by atoms with Crippen LogP contribution in [0.5, 0.6) is 0 Å². The zero-order chi connectivity index (χ0) is 17.0. The molecule has 0 bridgehead atoms. The second kappa shape index (κ2) is 10.9. The molecule has 1 rings (SSSR count). The lowest BCUT2D eigenvalue weighted by molar-refractivity contribution is 0.0636. The predicted molar refractivity (Wildman–Crippen MR) is 90.7 cm³/mol. The highest BCUT2D eigenvalue weighted by molar-refractivity contribution is 5.85. The van der Waals surface area contributed by atoms with Gasteiger partial charge in [0.05, 0.1) is 0 Å². The molecule has 0 radical (unpaired) electrons. The Morgan fingerprint density at radius 3 is 2.23 bits per heavy atom. The van der Waals surface area contributed by atoms with E-state index in [0.29, 0.717) is 18.0 Å². The van der Waals surface area contributed by atoms with Gasteiger partial charge < -0.3 is 21.3 Å². The molecule has 0 spiro atoms. The van der Waals surface area contributed by atoms with Crippen LogP contribution >= 0.6 is 0 Å². The van der Waals surface area contributed by atoms with Crippen LogP contribution in [-0.2, 0) is 4.74 Å². The average Bonchev–Trinajstić information content (AvgIpc) is 2.41. The van der Waals surface area contributed by atoms with Crippen molar-refractivity contribution in [2.75, 3.05) is 24.2 Å². The molecule has 22 heavy (non-hydrogen) atoms. The number of unbranched alkanes of at least 4 members (excludes halogenated alkanes) is 2. The van der Waals surface area contributed by atoms with Crippen molar-refractivity contribution in [2.45, 2.75) is 45.6 Å². The first kappa shape index (κ1) is 20.2. The smallest absolute Gasteiger partial charge is 0.412 e. The number of hydrogen-bond acceptors (Lipinski definition) is 5. The van der Waals surface area contributed by atoms with E-state index in [1.807, 2.05) is 20.8 Å². The molecule has 1 amide bonds. The lowest BCUT2D eigenvalue weighted by Crippen LogP contribution is -2.27. The van der Waals surface area contributed by atoms with E-state index in [1.165, 1.54) is 0 Å². The maximum atomic E-state index is 11.3. The van der Waals surface area contributed by atoms with Gasteiger partial charge >= 0.3 is 6.09 Å². The Labute approximate surface area is 132 Å². The molecular formula is C16H29N3O3. The molecule has 0 aliphatic carbocycles. The first-order chi connectivity index (χ1) is 10.3. The first-order valence-electron chi connectivity index (χ1n) is 7.45. The van der Waals surface area contributed by atoms with Gasteiger partial charge in [-0.25, -0.2) is 4.79 Å². The summed E-state index contributed by atoms with van der Waals surface area (Å²) in [7, 11) is 0. The number of ether oxygens (including phenoxy) is 1. The lowest BCUT2D eigenvalue weighted by Gasteiger charge is -2.19. The molecule has 126 valence electrons. The predicted octanol–water partition coefficient (Wildman–Crippen LogP) is 2.72. The normalized spacial score (nSPS) is 10.4. The Morgan fingerprint density at radius 1 is 1.18 bits per heavy atom. The van der Waals surface area contributed by atoms with Gasteiger partial charge in [0.15, 0.2) is 0 Å². The second-order valence-electron chi connectivity index (χ2n) is 5.82. The molecule has 0 saturated carbocycles. The summed E-state index contributed by atoms with van der Waals surface area (Å²) in [5.74, 6) is 0. The maximum absolute atomic E-state index is 11.3. The van der Waals surface area contributed by atoms with Gasteiger partial charge in [-0.05, 0) is 70.8 Å². The van der Waals surface area contributed by atoms with Gasteiger partial charge in [0, 0.05) is 18.0 Å². The standard InChI is InChI=1S/C11H16N2O2.C5H13NO/c1-11(2,3)15-10(14)13-9-6-4-8(12)5-7-9;6-4-2-1-3-5-7/h4-7H,12H2,1-3H3,(H,13,14);7H,1-6H2. The molecule has 1 aromatic carbocycles. The maximum Gasteiger partial charge on any atom is 0.412 e. The van der Waals surface area contributed by atoms with Crippen molar-refractivity contribution in [3.05, 3.63) is 24.3 Å². The Kier molecular flexibility index (Phi) is 9.98. The number of rotatable bonds is 5. The van der Waals surface area contributed by atoms with Crippen LogP contribution in [0.3, 0.4) is 0 Å². The molecule has 0 aromatic heterocycles. The van der Waals surface area contributed by atoms with Crippen LogP contribution in [0.2, 0.25) is 0 Å². The molecule has 6 nitrogen and oxygen atoms in total. The fourth-order valence-corrected chi connectivity index (χ4v) is 1.42. The van der Waals surface area contributed by atoms with E-state index in [0.717, 1.165) is 25.8 Å². The van der Waals surface area contributed by atoms with Crippen LogP contribution in [0, 0.1) is 0 Å². The quantitative estimate of drug-likeness (QED) is 0.493. The summed E-state index contributed by atoms with van der Waals surface area (Å²) in [5, 5.41) is 10.9. The molecule has 0 atom stereocenters. The summed E-state index contributed by atoms with van der Waals surface area (Å²) < 4.78 is 5.09. The number of carbonyl (C=O) groups excluding carboxylic acids is 1. The molecule has 0 saturated heterocycles. The summed E-state index contributed by atoms with van der Waals surface area (Å²) in [4.78, 5) is 11.3. The summed E-state index contributed by atoms with van der Waals surface area (Å²) >= 11 is 0. The van der Waals surface area contributed by atoms with Crippen molar-refractivity contribution in [3.8, 4) is 0 Å². The highest BCUT2D eigenvalue weighted by Crippen LogP contribution is 2.13. The third kappa shape index (κ3) is 12.0. The largest absolute Gasteiger partial charge is 0.444 e. The minimum absolute atomic E-state index is 0.306. The Hall–Kier alpha value is -1.79. The minimum atomic E-state index is -0.488. The molecule has 0 aliphatic heterocycles. The van der Waals surface area contributed by atoms with E-state index >= 15 is 0 Å². The van der Waals surface area contributed by atoms with E-state index in [9.17, 15) is 4.79 Å². The van der Waals surface area contributed by atoms with Crippen LogP contribution in [0.25, 0.3) is 0 Å². The zero-order valence-electron chi connectivity index (χ0n) is 13.8. The summed E-state index contributed by atoms with van der Waals surface area (Å²) in [6, 6.07) is 6.87. The topological polar surface area (TPSA) is 111 Å². The third-order valence-electron chi connectivity index (χ3n) is 2.42. The van der Waals surface area contributed by atoms with Gasteiger partial charge in [0.1, 0.15) is 5.60 Å². The first-order valence-corrected chi connectivity index (χ1v) is 7.45. The van der Waals surface area contributed by atoms with Crippen molar-refractivity contribution in [3.63, 3.8) is 0 Å². The van der Waals surface area contributed by atoms with E-state index in [-0.39, 0.29) is 0 Å². The number of amides is 1. The van der Waals surface area contributed by atoms with Gasteiger partial charge in [0.2, 0.25) is 0 Å². The molecule has 0 heterocycles. The zero-order valence-corrected chi connectivity index (χ0v) is 13.8. The highest BCUT2D eigenvalue weighted by atomic mass is 16.6. The second-order valence-corrected chi connectivity index (χ2v) is 5.82. The van der Waals surface area contributed by atoms with E-state index in [4.69, 9.17) is 21.3 Å². The lowest BCUT2D eigenvalue weighted by atomic mass is 10.2. The summed E-state index contributed by atoms with van der Waals surface area (Å²) in [5.41, 5.74) is 11.5. The highest BCUT2D eigenvalue weighted by Gasteiger charge is 2.15. The number of nitrogens with one attached hydrogen (secondary N) is 1. The number of nitrogens with two attached hydrogens (primary N) is 2. The van der Waals surface area contributed by atoms with E-state index < -0.39 is 11.7 Å². The number of benzene rings is 1. The van der Waals surface area contributed by atoms with Crippen LogP contribution in [0.4, 0.5) is 16.2 Å². The Balaban J connectivity index is 0.000000534. The van der Waals surface area contributed by atoms with E-state index in [1.54, 1.807) is 24.3 Å². The van der Waals surface area contributed by atoms with Gasteiger partial charge in [-0.15, -0.1) is 0 Å². The fraction of sp³-hybridized carbons (Fsp3) is 0.562. The molecule has 6 N–H and O–H groups in total. The number of aliphatic hydroxyl groups is 1. The van der Waals surface area contributed by atoms with Crippen molar-refractivity contribution >= 4 is 17.5 Å².